The number of nitrogens with zero attached hydrogens (tertiary/aromatic N) is 2. The van der Waals surface area contributed by atoms with Gasteiger partial charge in [-0.05, 0) is 23.6 Å². The Morgan fingerprint density at radius 1 is 1.07 bits per heavy atom. The van der Waals surface area contributed by atoms with Crippen molar-refractivity contribution in [2.75, 3.05) is 19.7 Å². The number of rotatable bonds is 2. The zero-order chi connectivity index (χ0) is 19.1. The topological polar surface area (TPSA) is 43.7 Å². The van der Waals surface area contributed by atoms with Crippen molar-refractivity contribution < 1.29 is 14.3 Å². The van der Waals surface area contributed by atoms with Crippen molar-refractivity contribution in [1.29, 1.82) is 0 Å². The Morgan fingerprint density at radius 2 is 1.89 bits per heavy atom. The normalized spacial score (nSPS) is 15.7. The first kappa shape index (κ1) is 17.4. The summed E-state index contributed by atoms with van der Waals surface area (Å²) < 4.78 is 13.7. The summed E-state index contributed by atoms with van der Waals surface area (Å²) in [5.74, 6) is 0.789. The van der Waals surface area contributed by atoms with Gasteiger partial charge in [0.15, 0.2) is 5.75 Å². The minimum atomic E-state index is -0.246. The summed E-state index contributed by atoms with van der Waals surface area (Å²) in [6.07, 6.45) is 1.37. The van der Waals surface area contributed by atoms with Crippen LogP contribution in [-0.4, -0.2) is 35.3 Å². The average Bonchev–Trinajstić information content (AvgIpc) is 2.88. The molecule has 0 saturated carbocycles. The zero-order valence-corrected chi connectivity index (χ0v) is 16.2. The summed E-state index contributed by atoms with van der Waals surface area (Å²) >= 11 is 6.35. The quantitative estimate of drug-likeness (QED) is 0.643. The molecule has 0 unspecified atom stereocenters. The molecular weight excluding hydrogens is 376 g/mol. The van der Waals surface area contributed by atoms with Crippen molar-refractivity contribution in [2.45, 2.75) is 26.0 Å². The van der Waals surface area contributed by atoms with Gasteiger partial charge in [-0.3, -0.25) is 0 Å². The third kappa shape index (κ3) is 2.90. The van der Waals surface area contributed by atoms with E-state index in [1.807, 2.05) is 41.3 Å². The van der Waals surface area contributed by atoms with Gasteiger partial charge in [-0.25, -0.2) is 4.79 Å². The van der Waals surface area contributed by atoms with Crippen molar-refractivity contribution in [3.05, 3.63) is 64.3 Å². The Hall–Kier alpha value is -2.66. The third-order valence-electron chi connectivity index (χ3n) is 5.63. The summed E-state index contributed by atoms with van der Waals surface area (Å²) in [5.41, 5.74) is 4.69. The number of aromatic nitrogens is 1. The van der Waals surface area contributed by atoms with E-state index in [1.165, 1.54) is 16.6 Å². The van der Waals surface area contributed by atoms with Gasteiger partial charge in [0, 0.05) is 30.6 Å². The molecule has 3 heterocycles. The summed E-state index contributed by atoms with van der Waals surface area (Å²) in [5, 5.41) is 1.85. The molecule has 1 amide bonds. The molecule has 0 atom stereocenters. The van der Waals surface area contributed by atoms with Crippen LogP contribution < -0.4 is 4.74 Å². The van der Waals surface area contributed by atoms with E-state index in [0.29, 0.717) is 31.3 Å². The minimum absolute atomic E-state index is 0.246. The van der Waals surface area contributed by atoms with Gasteiger partial charge in [0.05, 0.1) is 17.1 Å². The number of hydrogen-bond donors (Lipinski definition) is 0. The predicted octanol–water partition coefficient (Wildman–Crippen LogP) is 4.42. The summed E-state index contributed by atoms with van der Waals surface area (Å²) in [6.45, 7) is 3.05. The van der Waals surface area contributed by atoms with Crippen LogP contribution in [0.25, 0.3) is 10.9 Å². The maximum absolute atomic E-state index is 12.6. The molecule has 3 aromatic rings. The largest absolute Gasteiger partial charge is 0.488 e. The molecule has 5 nitrogen and oxygen atoms in total. The summed E-state index contributed by atoms with van der Waals surface area (Å²) in [7, 11) is 0. The van der Waals surface area contributed by atoms with E-state index in [0.717, 1.165) is 36.2 Å². The molecule has 0 spiro atoms. The fraction of sp³-hybridized carbons (Fsp3) is 0.318. The molecule has 1 aromatic heterocycles. The van der Waals surface area contributed by atoms with E-state index >= 15 is 0 Å². The van der Waals surface area contributed by atoms with Gasteiger partial charge >= 0.3 is 6.09 Å². The van der Waals surface area contributed by atoms with E-state index in [2.05, 4.69) is 10.6 Å². The Kier molecular flexibility index (Phi) is 4.40. The maximum Gasteiger partial charge on any atom is 0.410 e. The van der Waals surface area contributed by atoms with Gasteiger partial charge in [0.2, 0.25) is 0 Å². The van der Waals surface area contributed by atoms with E-state index in [9.17, 15) is 4.79 Å². The number of fused-ring (bicyclic) bond motifs is 3. The lowest BCUT2D eigenvalue weighted by molar-refractivity contribution is 0.0976. The van der Waals surface area contributed by atoms with Gasteiger partial charge in [-0.15, -0.1) is 0 Å². The molecule has 2 aliphatic rings. The lowest BCUT2D eigenvalue weighted by Gasteiger charge is -2.22. The summed E-state index contributed by atoms with van der Waals surface area (Å²) in [4.78, 5) is 14.4. The fourth-order valence-electron chi connectivity index (χ4n) is 4.29. The third-order valence-corrected chi connectivity index (χ3v) is 5.93. The fourth-order valence-corrected chi connectivity index (χ4v) is 4.50. The lowest BCUT2D eigenvalue weighted by Crippen LogP contribution is -2.34. The van der Waals surface area contributed by atoms with Crippen molar-refractivity contribution >= 4 is 28.6 Å². The second-order valence-electron chi connectivity index (χ2n) is 7.23. The van der Waals surface area contributed by atoms with Crippen molar-refractivity contribution in [2.24, 2.45) is 0 Å². The molecule has 0 bridgehead atoms. The highest BCUT2D eigenvalue weighted by molar-refractivity contribution is 6.33. The van der Waals surface area contributed by atoms with E-state index < -0.39 is 0 Å². The predicted molar refractivity (Wildman–Crippen MR) is 108 cm³/mol. The molecule has 144 valence electrons. The molecule has 0 radical (unpaired) electrons. The van der Waals surface area contributed by atoms with Crippen LogP contribution >= 0.6 is 11.6 Å². The maximum atomic E-state index is 12.6. The highest BCUT2D eigenvalue weighted by Gasteiger charge is 2.28. The first-order valence-corrected chi connectivity index (χ1v) is 10.0. The Morgan fingerprint density at radius 3 is 2.75 bits per heavy atom. The van der Waals surface area contributed by atoms with Crippen LogP contribution in [0.4, 0.5) is 4.79 Å². The minimum Gasteiger partial charge on any atom is -0.488 e. The van der Waals surface area contributed by atoms with Crippen LogP contribution in [-0.2, 0) is 30.7 Å². The van der Waals surface area contributed by atoms with E-state index in [-0.39, 0.29) is 6.09 Å². The standard InChI is InChI=1S/C22H21ClN2O3/c23-18-7-6-17-16-8-10-24(22(26)28-14-15-4-2-1-3-5-15)11-9-19(16)25-12-13-27-21(18)20(17)25/h1-7H,8-14H2. The number of amides is 1. The van der Waals surface area contributed by atoms with Crippen LogP contribution in [0, 0.1) is 0 Å². The van der Waals surface area contributed by atoms with Gasteiger partial charge in [0.25, 0.3) is 0 Å². The average molecular weight is 397 g/mol. The molecule has 2 aromatic carbocycles. The molecule has 5 rings (SSSR count). The lowest BCUT2D eigenvalue weighted by atomic mass is 10.1. The van der Waals surface area contributed by atoms with Crippen LogP contribution in [0.5, 0.6) is 5.75 Å². The number of carbonyl (C=O) groups is 1. The number of carbonyl (C=O) groups excluding carboxylic acids is 1. The van der Waals surface area contributed by atoms with Crippen LogP contribution in [0.1, 0.15) is 16.8 Å². The molecule has 0 N–H and O–H groups in total. The summed E-state index contributed by atoms with van der Waals surface area (Å²) in [6, 6.07) is 13.8. The highest BCUT2D eigenvalue weighted by Crippen LogP contribution is 2.41. The molecule has 0 aliphatic carbocycles. The van der Waals surface area contributed by atoms with Gasteiger partial charge < -0.3 is 18.9 Å². The molecule has 28 heavy (non-hydrogen) atoms. The molecule has 6 heteroatoms. The molecule has 0 fully saturated rings. The first-order valence-electron chi connectivity index (χ1n) is 9.63. The number of ether oxygens (including phenoxy) is 2. The van der Waals surface area contributed by atoms with E-state index in [4.69, 9.17) is 21.1 Å². The van der Waals surface area contributed by atoms with Gasteiger partial charge in [0.1, 0.15) is 13.2 Å². The monoisotopic (exact) mass is 396 g/mol. The number of halogens is 1. The first-order chi connectivity index (χ1) is 13.7. The smallest absolute Gasteiger partial charge is 0.410 e. The van der Waals surface area contributed by atoms with E-state index in [1.54, 1.807) is 0 Å². The second-order valence-corrected chi connectivity index (χ2v) is 7.63. The SMILES string of the molecule is O=C(OCc1ccccc1)N1CCc2c(n3c4c(c(Cl)ccc24)OCC3)CC1. The van der Waals surface area contributed by atoms with Gasteiger partial charge in [-0.1, -0.05) is 48.0 Å². The Balaban J connectivity index is 1.36. The molecule has 0 saturated heterocycles. The van der Waals surface area contributed by atoms with Crippen molar-refractivity contribution in [3.8, 4) is 5.75 Å². The van der Waals surface area contributed by atoms with Crippen LogP contribution in [0.2, 0.25) is 5.02 Å². The molecule has 2 aliphatic heterocycles. The second kappa shape index (κ2) is 7.06. The Bertz CT molecular complexity index is 1050. The van der Waals surface area contributed by atoms with Crippen LogP contribution in [0.15, 0.2) is 42.5 Å². The number of benzene rings is 2. The molecular formula is C22H21ClN2O3. The van der Waals surface area contributed by atoms with Gasteiger partial charge in [-0.2, -0.15) is 0 Å². The van der Waals surface area contributed by atoms with Crippen molar-refractivity contribution in [3.63, 3.8) is 0 Å². The number of hydrogen-bond acceptors (Lipinski definition) is 3. The van der Waals surface area contributed by atoms with Crippen molar-refractivity contribution in [1.82, 2.24) is 9.47 Å². The zero-order valence-electron chi connectivity index (χ0n) is 15.5. The highest BCUT2D eigenvalue weighted by atomic mass is 35.5. The Labute approximate surface area is 168 Å². The van der Waals surface area contributed by atoms with Crippen LogP contribution in [0.3, 0.4) is 0 Å².